The Morgan fingerprint density at radius 3 is 2.46 bits per heavy atom. The van der Waals surface area contributed by atoms with Gasteiger partial charge in [-0.15, -0.1) is 11.3 Å². The van der Waals surface area contributed by atoms with Crippen LogP contribution in [0, 0.1) is 11.6 Å². The standard InChI is InChI=1S/C16H13F2NO3S2/c17-12-5-3-6-13(18)16(12)24(21,22)19-8-14(20)11-9-23-15-7-2-1-4-10(11)15/h1-7,9,14,19-20H,8H2. The summed E-state index contributed by atoms with van der Waals surface area (Å²) >= 11 is 1.42. The summed E-state index contributed by atoms with van der Waals surface area (Å²) in [6.45, 7) is -0.392. The molecule has 1 atom stereocenters. The van der Waals surface area contributed by atoms with E-state index >= 15 is 0 Å². The van der Waals surface area contributed by atoms with Crippen LogP contribution in [-0.4, -0.2) is 20.1 Å². The Morgan fingerprint density at radius 1 is 1.08 bits per heavy atom. The van der Waals surface area contributed by atoms with E-state index in [-0.39, 0.29) is 0 Å². The fourth-order valence-corrected chi connectivity index (χ4v) is 4.55. The van der Waals surface area contributed by atoms with E-state index in [0.717, 1.165) is 28.3 Å². The highest BCUT2D eigenvalue weighted by molar-refractivity contribution is 7.89. The number of sulfonamides is 1. The van der Waals surface area contributed by atoms with Crippen molar-refractivity contribution in [2.75, 3.05) is 6.54 Å². The van der Waals surface area contributed by atoms with Gasteiger partial charge in [-0.1, -0.05) is 24.3 Å². The maximum absolute atomic E-state index is 13.6. The lowest BCUT2D eigenvalue weighted by atomic mass is 10.1. The normalized spacial score (nSPS) is 13.3. The molecule has 1 heterocycles. The summed E-state index contributed by atoms with van der Waals surface area (Å²) in [5.74, 6) is -2.36. The minimum atomic E-state index is -4.42. The van der Waals surface area contributed by atoms with Gasteiger partial charge in [0.05, 0.1) is 6.10 Å². The molecule has 0 saturated carbocycles. The minimum absolute atomic E-state index is 0.392. The second kappa shape index (κ2) is 6.56. The highest BCUT2D eigenvalue weighted by atomic mass is 32.2. The molecule has 2 N–H and O–H groups in total. The number of thiophene rings is 1. The molecule has 1 unspecified atom stereocenters. The highest BCUT2D eigenvalue weighted by Gasteiger charge is 2.25. The predicted octanol–water partition coefficient (Wildman–Crippen LogP) is 3.19. The van der Waals surface area contributed by atoms with Gasteiger partial charge in [0, 0.05) is 16.8 Å². The van der Waals surface area contributed by atoms with Gasteiger partial charge in [0.2, 0.25) is 10.0 Å². The molecular weight excluding hydrogens is 356 g/mol. The van der Waals surface area contributed by atoms with Gasteiger partial charge in [0.1, 0.15) is 11.6 Å². The van der Waals surface area contributed by atoms with Crippen molar-refractivity contribution in [3.63, 3.8) is 0 Å². The Balaban J connectivity index is 1.82. The van der Waals surface area contributed by atoms with Crippen molar-refractivity contribution in [2.45, 2.75) is 11.0 Å². The first-order valence-corrected chi connectivity index (χ1v) is 9.34. The summed E-state index contributed by atoms with van der Waals surface area (Å²) < 4.78 is 54.5. The van der Waals surface area contributed by atoms with E-state index in [0.29, 0.717) is 5.56 Å². The highest BCUT2D eigenvalue weighted by Crippen LogP contribution is 2.30. The molecule has 0 saturated heterocycles. The number of aliphatic hydroxyl groups is 1. The van der Waals surface area contributed by atoms with Gasteiger partial charge in [-0.3, -0.25) is 0 Å². The maximum atomic E-state index is 13.6. The zero-order valence-corrected chi connectivity index (χ0v) is 13.9. The Labute approximate surface area is 141 Å². The molecule has 0 amide bonds. The molecule has 0 radical (unpaired) electrons. The monoisotopic (exact) mass is 369 g/mol. The van der Waals surface area contributed by atoms with E-state index in [2.05, 4.69) is 4.72 Å². The van der Waals surface area contributed by atoms with Crippen LogP contribution in [0.5, 0.6) is 0 Å². The molecule has 24 heavy (non-hydrogen) atoms. The molecule has 0 aliphatic carbocycles. The largest absolute Gasteiger partial charge is 0.387 e. The van der Waals surface area contributed by atoms with Gasteiger partial charge in [0.15, 0.2) is 4.90 Å². The zero-order chi connectivity index (χ0) is 17.3. The summed E-state index contributed by atoms with van der Waals surface area (Å²) in [5.41, 5.74) is 0.562. The van der Waals surface area contributed by atoms with Crippen molar-refractivity contribution in [3.05, 3.63) is 65.0 Å². The second-order valence-corrected chi connectivity index (χ2v) is 7.72. The van der Waals surface area contributed by atoms with Gasteiger partial charge in [-0.05, 0) is 29.0 Å². The van der Waals surface area contributed by atoms with Crippen molar-refractivity contribution in [1.29, 1.82) is 0 Å². The maximum Gasteiger partial charge on any atom is 0.246 e. The smallest absolute Gasteiger partial charge is 0.246 e. The minimum Gasteiger partial charge on any atom is -0.387 e. The van der Waals surface area contributed by atoms with E-state index < -0.39 is 39.2 Å². The molecule has 126 valence electrons. The quantitative estimate of drug-likeness (QED) is 0.726. The molecule has 0 aliphatic heterocycles. The van der Waals surface area contributed by atoms with Crippen molar-refractivity contribution in [2.24, 2.45) is 0 Å². The van der Waals surface area contributed by atoms with E-state index in [4.69, 9.17) is 0 Å². The molecule has 0 aliphatic rings. The average Bonchev–Trinajstić information content (AvgIpc) is 2.96. The topological polar surface area (TPSA) is 66.4 Å². The number of fused-ring (bicyclic) bond motifs is 1. The molecule has 4 nitrogen and oxygen atoms in total. The van der Waals surface area contributed by atoms with Crippen LogP contribution < -0.4 is 4.72 Å². The zero-order valence-electron chi connectivity index (χ0n) is 12.2. The number of hydrogen-bond donors (Lipinski definition) is 2. The van der Waals surface area contributed by atoms with E-state index in [1.165, 1.54) is 11.3 Å². The van der Waals surface area contributed by atoms with Gasteiger partial charge in [-0.25, -0.2) is 21.9 Å². The van der Waals surface area contributed by atoms with Crippen molar-refractivity contribution < 1.29 is 22.3 Å². The van der Waals surface area contributed by atoms with Gasteiger partial charge < -0.3 is 5.11 Å². The Hall–Kier alpha value is -1.87. The van der Waals surface area contributed by atoms with E-state index in [1.54, 1.807) is 5.38 Å². The Bertz CT molecular complexity index is 966. The predicted molar refractivity (Wildman–Crippen MR) is 88.3 cm³/mol. The lowest BCUT2D eigenvalue weighted by molar-refractivity contribution is 0.184. The summed E-state index contributed by atoms with van der Waals surface area (Å²) in [5, 5.41) is 12.8. The molecule has 0 fully saturated rings. The lowest BCUT2D eigenvalue weighted by Crippen LogP contribution is -2.29. The number of aliphatic hydroxyl groups excluding tert-OH is 1. The Morgan fingerprint density at radius 2 is 1.75 bits per heavy atom. The van der Waals surface area contributed by atoms with Crippen LogP contribution in [0.25, 0.3) is 10.1 Å². The first kappa shape index (κ1) is 17.0. The van der Waals surface area contributed by atoms with Crippen LogP contribution in [0.2, 0.25) is 0 Å². The number of benzene rings is 2. The van der Waals surface area contributed by atoms with E-state index in [9.17, 15) is 22.3 Å². The molecule has 3 aromatic rings. The van der Waals surface area contributed by atoms with Crippen LogP contribution in [0.3, 0.4) is 0 Å². The fraction of sp³-hybridized carbons (Fsp3) is 0.125. The van der Waals surface area contributed by atoms with Crippen LogP contribution in [0.1, 0.15) is 11.7 Å². The van der Waals surface area contributed by atoms with Crippen molar-refractivity contribution >= 4 is 31.4 Å². The SMILES string of the molecule is O=S(=O)(NCC(O)c1csc2ccccc12)c1c(F)cccc1F. The number of halogens is 2. The van der Waals surface area contributed by atoms with Crippen molar-refractivity contribution in [3.8, 4) is 0 Å². The summed E-state index contributed by atoms with van der Waals surface area (Å²) in [6.07, 6.45) is -1.13. The second-order valence-electron chi connectivity index (χ2n) is 5.11. The molecule has 0 spiro atoms. The van der Waals surface area contributed by atoms with Crippen LogP contribution in [0.4, 0.5) is 8.78 Å². The average molecular weight is 369 g/mol. The number of rotatable bonds is 5. The third-order valence-corrected chi connectivity index (χ3v) is 5.98. The molecule has 0 bridgehead atoms. The third-order valence-electron chi connectivity index (χ3n) is 3.52. The summed E-state index contributed by atoms with van der Waals surface area (Å²) in [4.78, 5) is -1.05. The Kier molecular flexibility index (Phi) is 4.64. The molecular formula is C16H13F2NO3S2. The third kappa shape index (κ3) is 3.18. The van der Waals surface area contributed by atoms with Crippen LogP contribution >= 0.6 is 11.3 Å². The van der Waals surface area contributed by atoms with Crippen molar-refractivity contribution in [1.82, 2.24) is 4.72 Å². The first-order valence-electron chi connectivity index (χ1n) is 6.98. The molecule has 8 heteroatoms. The van der Waals surface area contributed by atoms with Gasteiger partial charge >= 0.3 is 0 Å². The molecule has 2 aromatic carbocycles. The lowest BCUT2D eigenvalue weighted by Gasteiger charge is -2.13. The van der Waals surface area contributed by atoms with E-state index in [1.807, 2.05) is 24.3 Å². The number of hydrogen-bond acceptors (Lipinski definition) is 4. The van der Waals surface area contributed by atoms with Gasteiger partial charge in [-0.2, -0.15) is 0 Å². The first-order chi connectivity index (χ1) is 11.4. The van der Waals surface area contributed by atoms with Gasteiger partial charge in [0.25, 0.3) is 0 Å². The molecule has 3 rings (SSSR count). The fourth-order valence-electron chi connectivity index (χ4n) is 2.37. The van der Waals surface area contributed by atoms with Crippen LogP contribution in [0.15, 0.2) is 52.7 Å². The summed E-state index contributed by atoms with van der Waals surface area (Å²) in [7, 11) is -4.42. The molecule has 1 aromatic heterocycles. The summed E-state index contributed by atoms with van der Waals surface area (Å²) in [6, 6.07) is 10.2. The van der Waals surface area contributed by atoms with Crippen LogP contribution in [-0.2, 0) is 10.0 Å². The number of nitrogens with one attached hydrogen (secondary N) is 1.